The smallest absolute Gasteiger partial charge is 0.0922 e. The van der Waals surface area contributed by atoms with E-state index in [0.717, 1.165) is 29.3 Å². The van der Waals surface area contributed by atoms with E-state index in [9.17, 15) is 0 Å². The molecule has 4 fully saturated rings. The zero-order valence-electron chi connectivity index (χ0n) is 12.8. The first-order valence-electron chi connectivity index (χ1n) is 8.04. The molecule has 0 radical (unpaired) electrons. The van der Waals surface area contributed by atoms with E-state index in [1.807, 2.05) is 24.3 Å². The van der Waals surface area contributed by atoms with Crippen LogP contribution in [0.15, 0.2) is 24.3 Å². The topological polar surface area (TPSA) is 18.5 Å². The average molecular weight is 307 g/mol. The molecule has 2 saturated heterocycles. The van der Waals surface area contributed by atoms with Crippen molar-refractivity contribution in [3.05, 3.63) is 34.9 Å². The molecule has 1 aromatic rings. The van der Waals surface area contributed by atoms with Gasteiger partial charge in [-0.2, -0.15) is 0 Å². The Bertz CT molecular complexity index is 542. The maximum absolute atomic E-state index is 6.44. The summed E-state index contributed by atoms with van der Waals surface area (Å²) < 4.78 is 12.7. The minimum atomic E-state index is -0.106. The predicted molar refractivity (Wildman–Crippen MR) is 83.4 cm³/mol. The molecule has 0 amide bonds. The van der Waals surface area contributed by atoms with Gasteiger partial charge in [0.05, 0.1) is 24.4 Å². The third-order valence-corrected chi connectivity index (χ3v) is 6.58. The predicted octanol–water partition coefficient (Wildman–Crippen LogP) is 4.59. The van der Waals surface area contributed by atoms with Crippen LogP contribution in [0.2, 0.25) is 5.02 Å². The van der Waals surface area contributed by atoms with Gasteiger partial charge in [-0.15, -0.1) is 0 Å². The Kier molecular flexibility index (Phi) is 3.15. The molecule has 2 nitrogen and oxygen atoms in total. The summed E-state index contributed by atoms with van der Waals surface area (Å²) in [6.45, 7) is 5.23. The van der Waals surface area contributed by atoms with Crippen LogP contribution in [-0.4, -0.2) is 17.8 Å². The van der Waals surface area contributed by atoms with Gasteiger partial charge in [-0.1, -0.05) is 36.7 Å². The molecule has 0 spiro atoms. The van der Waals surface area contributed by atoms with Gasteiger partial charge in [-0.3, -0.25) is 0 Å². The number of benzene rings is 1. The molecule has 5 unspecified atom stereocenters. The van der Waals surface area contributed by atoms with Gasteiger partial charge in [-0.05, 0) is 55.6 Å². The van der Waals surface area contributed by atoms with Gasteiger partial charge in [0, 0.05) is 5.02 Å². The fraction of sp³-hybridized carbons (Fsp3) is 0.667. The van der Waals surface area contributed by atoms with E-state index in [2.05, 4.69) is 13.8 Å². The van der Waals surface area contributed by atoms with Gasteiger partial charge in [0.2, 0.25) is 0 Å². The van der Waals surface area contributed by atoms with Crippen LogP contribution in [0, 0.1) is 11.3 Å². The second kappa shape index (κ2) is 4.71. The molecule has 21 heavy (non-hydrogen) atoms. The Morgan fingerprint density at radius 2 is 2.05 bits per heavy atom. The van der Waals surface area contributed by atoms with E-state index >= 15 is 0 Å². The van der Waals surface area contributed by atoms with E-state index in [0.29, 0.717) is 18.1 Å². The number of halogens is 1. The SMILES string of the molecule is CC12CC3CCC(O1)C3(C)CC2OCc1ccccc1Cl. The lowest BCUT2D eigenvalue weighted by Crippen LogP contribution is -2.63. The Morgan fingerprint density at radius 3 is 2.81 bits per heavy atom. The molecule has 4 bridgehead atoms. The molecule has 0 N–H and O–H groups in total. The number of hydrogen-bond donors (Lipinski definition) is 0. The van der Waals surface area contributed by atoms with Crippen molar-refractivity contribution in [2.45, 2.75) is 63.9 Å². The Morgan fingerprint density at radius 1 is 1.24 bits per heavy atom. The van der Waals surface area contributed by atoms with Gasteiger partial charge >= 0.3 is 0 Å². The zero-order valence-corrected chi connectivity index (χ0v) is 13.5. The summed E-state index contributed by atoms with van der Waals surface area (Å²) in [4.78, 5) is 0. The van der Waals surface area contributed by atoms with Gasteiger partial charge in [0.25, 0.3) is 0 Å². The fourth-order valence-electron chi connectivity index (χ4n) is 4.83. The molecule has 4 aliphatic rings. The maximum atomic E-state index is 6.44. The van der Waals surface area contributed by atoms with Crippen molar-refractivity contribution in [3.8, 4) is 0 Å². The molecule has 0 aromatic heterocycles. The molecular weight excluding hydrogens is 284 g/mol. The molecular formula is C18H23ClO2. The van der Waals surface area contributed by atoms with E-state index in [1.54, 1.807) is 0 Å². The standard InChI is InChI=1S/C18H23ClO2/c1-17-10-16(20-11-12-5-3-4-6-14(12)19)18(2)9-13(17)7-8-15(17)21-18/h3-6,13,15-16H,7-11H2,1-2H3. The van der Waals surface area contributed by atoms with Gasteiger partial charge in [0.1, 0.15) is 0 Å². The van der Waals surface area contributed by atoms with E-state index in [4.69, 9.17) is 21.1 Å². The lowest BCUT2D eigenvalue weighted by molar-refractivity contribution is -0.280. The summed E-state index contributed by atoms with van der Waals surface area (Å²) in [6.07, 6.45) is 5.46. The van der Waals surface area contributed by atoms with Crippen molar-refractivity contribution in [1.82, 2.24) is 0 Å². The second-order valence-corrected chi connectivity index (χ2v) is 7.91. The zero-order chi connectivity index (χ0) is 14.7. The molecule has 5 rings (SSSR count). The summed E-state index contributed by atoms with van der Waals surface area (Å²) in [6, 6.07) is 7.93. The van der Waals surface area contributed by atoms with Gasteiger partial charge in [0.15, 0.2) is 0 Å². The molecule has 114 valence electrons. The third kappa shape index (κ3) is 2.07. The summed E-state index contributed by atoms with van der Waals surface area (Å²) in [5.41, 5.74) is 1.28. The highest BCUT2D eigenvalue weighted by Gasteiger charge is 2.63. The van der Waals surface area contributed by atoms with Crippen molar-refractivity contribution >= 4 is 11.6 Å². The summed E-state index contributed by atoms with van der Waals surface area (Å²) >= 11 is 6.23. The van der Waals surface area contributed by atoms with Crippen molar-refractivity contribution < 1.29 is 9.47 Å². The first-order chi connectivity index (χ1) is 10.0. The van der Waals surface area contributed by atoms with E-state index in [-0.39, 0.29) is 11.7 Å². The molecule has 3 heteroatoms. The van der Waals surface area contributed by atoms with Crippen LogP contribution in [0.5, 0.6) is 0 Å². The maximum Gasteiger partial charge on any atom is 0.0922 e. The van der Waals surface area contributed by atoms with Crippen LogP contribution >= 0.6 is 11.6 Å². The third-order valence-electron chi connectivity index (χ3n) is 6.21. The monoisotopic (exact) mass is 306 g/mol. The highest BCUT2D eigenvalue weighted by Crippen LogP contribution is 2.62. The Balaban J connectivity index is 1.51. The van der Waals surface area contributed by atoms with E-state index in [1.165, 1.54) is 12.8 Å². The van der Waals surface area contributed by atoms with Crippen LogP contribution in [0.4, 0.5) is 0 Å². The highest BCUT2D eigenvalue weighted by atomic mass is 35.5. The van der Waals surface area contributed by atoms with Crippen molar-refractivity contribution in [1.29, 1.82) is 0 Å². The van der Waals surface area contributed by atoms with Gasteiger partial charge in [-0.25, -0.2) is 0 Å². The van der Waals surface area contributed by atoms with E-state index < -0.39 is 0 Å². The Labute approximate surface area is 131 Å². The number of rotatable bonds is 3. The molecule has 2 heterocycles. The van der Waals surface area contributed by atoms with Crippen LogP contribution in [0.1, 0.15) is 45.1 Å². The summed E-state index contributed by atoms with van der Waals surface area (Å²) in [5, 5.41) is 0.788. The molecule has 1 aromatic carbocycles. The largest absolute Gasteiger partial charge is 0.370 e. The summed E-state index contributed by atoms with van der Waals surface area (Å²) in [5.74, 6) is 0.821. The van der Waals surface area contributed by atoms with Crippen LogP contribution < -0.4 is 0 Å². The lowest BCUT2D eigenvalue weighted by atomic mass is 9.60. The first kappa shape index (κ1) is 14.0. The van der Waals surface area contributed by atoms with Gasteiger partial charge < -0.3 is 9.47 Å². The van der Waals surface area contributed by atoms with Crippen LogP contribution in [-0.2, 0) is 16.1 Å². The molecule has 5 atom stereocenters. The lowest BCUT2D eigenvalue weighted by Gasteiger charge is -2.58. The number of ether oxygens (including phenoxy) is 2. The average Bonchev–Trinajstić information content (AvgIpc) is 2.65. The number of fused-ring (bicyclic) bond motifs is 1. The minimum Gasteiger partial charge on any atom is -0.370 e. The highest BCUT2D eigenvalue weighted by molar-refractivity contribution is 6.31. The molecule has 2 saturated carbocycles. The van der Waals surface area contributed by atoms with Crippen molar-refractivity contribution in [2.24, 2.45) is 11.3 Å². The Hall–Kier alpha value is -0.570. The number of hydrogen-bond acceptors (Lipinski definition) is 2. The quantitative estimate of drug-likeness (QED) is 0.813. The minimum absolute atomic E-state index is 0.106. The normalized spacial score (nSPS) is 44.2. The molecule has 2 aliphatic carbocycles. The fourth-order valence-corrected chi connectivity index (χ4v) is 5.02. The van der Waals surface area contributed by atoms with Crippen molar-refractivity contribution in [2.75, 3.05) is 0 Å². The van der Waals surface area contributed by atoms with Crippen LogP contribution in [0.3, 0.4) is 0 Å². The molecule has 2 aliphatic heterocycles. The second-order valence-electron chi connectivity index (χ2n) is 7.50. The van der Waals surface area contributed by atoms with Crippen molar-refractivity contribution in [3.63, 3.8) is 0 Å². The summed E-state index contributed by atoms with van der Waals surface area (Å²) in [7, 11) is 0. The first-order valence-corrected chi connectivity index (χ1v) is 8.42. The van der Waals surface area contributed by atoms with Crippen LogP contribution in [0.25, 0.3) is 0 Å².